The summed E-state index contributed by atoms with van der Waals surface area (Å²) >= 11 is 0. The molecule has 1 heterocycles. The van der Waals surface area contributed by atoms with Crippen molar-refractivity contribution in [3.8, 4) is 5.75 Å². The average molecular weight is 153 g/mol. The van der Waals surface area contributed by atoms with Crippen LogP contribution in [0.25, 0.3) is 0 Å². The van der Waals surface area contributed by atoms with Crippen LogP contribution in [0, 0.1) is 6.92 Å². The Morgan fingerprint density at radius 1 is 1.55 bits per heavy atom. The third-order valence-electron chi connectivity index (χ3n) is 1.60. The van der Waals surface area contributed by atoms with Gasteiger partial charge in [-0.25, -0.2) is 0 Å². The molecule has 0 amide bonds. The molecule has 0 aliphatic carbocycles. The molecule has 0 spiro atoms. The lowest BCUT2D eigenvalue weighted by Crippen LogP contribution is -2.15. The number of hydrogen-bond donors (Lipinski definition) is 0. The highest BCUT2D eigenvalue weighted by atomic mass is 16.5. The van der Waals surface area contributed by atoms with E-state index in [4.69, 9.17) is 4.74 Å². The van der Waals surface area contributed by atoms with Crippen molar-refractivity contribution in [3.05, 3.63) is 28.2 Å². The van der Waals surface area contributed by atoms with Crippen LogP contribution in [0.3, 0.4) is 0 Å². The van der Waals surface area contributed by atoms with E-state index in [1.165, 1.54) is 10.6 Å². The summed E-state index contributed by atoms with van der Waals surface area (Å²) in [5.74, 6) is 0.646. The number of ether oxygens (including phenoxy) is 1. The number of pyridine rings is 1. The Bertz CT molecular complexity index is 314. The van der Waals surface area contributed by atoms with E-state index >= 15 is 0 Å². The average Bonchev–Trinajstić information content (AvgIpc) is 1.97. The van der Waals surface area contributed by atoms with Gasteiger partial charge in [-0.05, 0) is 6.92 Å². The number of aryl methyl sites for hydroxylation is 2. The minimum atomic E-state index is -0.0487. The molecule has 60 valence electrons. The van der Waals surface area contributed by atoms with Crippen molar-refractivity contribution < 1.29 is 4.74 Å². The van der Waals surface area contributed by atoms with Crippen LogP contribution in [0.15, 0.2) is 17.1 Å². The standard InChI is InChI=1S/C8H11NO2/c1-6-5-9(2)8(10)4-7(6)11-3/h4-5H,1-3H3. The summed E-state index contributed by atoms with van der Waals surface area (Å²) in [6.45, 7) is 1.90. The lowest BCUT2D eigenvalue weighted by Gasteiger charge is -2.04. The first kappa shape index (κ1) is 7.85. The third-order valence-corrected chi connectivity index (χ3v) is 1.60. The molecular weight excluding hydrogens is 142 g/mol. The Balaban J connectivity index is 3.32. The summed E-state index contributed by atoms with van der Waals surface area (Å²) in [4.78, 5) is 11.0. The summed E-state index contributed by atoms with van der Waals surface area (Å²) in [5, 5.41) is 0. The molecule has 0 N–H and O–H groups in total. The van der Waals surface area contributed by atoms with E-state index in [2.05, 4.69) is 0 Å². The van der Waals surface area contributed by atoms with E-state index in [9.17, 15) is 4.79 Å². The Labute approximate surface area is 65.2 Å². The van der Waals surface area contributed by atoms with Gasteiger partial charge in [-0.3, -0.25) is 4.79 Å². The van der Waals surface area contributed by atoms with Gasteiger partial charge in [0.2, 0.25) is 0 Å². The summed E-state index contributed by atoms with van der Waals surface area (Å²) in [6, 6.07) is 1.48. The van der Waals surface area contributed by atoms with Gasteiger partial charge in [0.1, 0.15) is 5.75 Å². The zero-order chi connectivity index (χ0) is 8.43. The number of nitrogens with zero attached hydrogens (tertiary/aromatic N) is 1. The van der Waals surface area contributed by atoms with E-state index in [0.717, 1.165) is 5.56 Å². The van der Waals surface area contributed by atoms with Crippen molar-refractivity contribution in [2.24, 2.45) is 7.05 Å². The van der Waals surface area contributed by atoms with Crippen LogP contribution in [0.4, 0.5) is 0 Å². The van der Waals surface area contributed by atoms with Crippen LogP contribution in [0.1, 0.15) is 5.56 Å². The molecule has 0 unspecified atom stereocenters. The first-order valence-electron chi connectivity index (χ1n) is 3.36. The predicted octanol–water partition coefficient (Wildman–Crippen LogP) is 0.702. The van der Waals surface area contributed by atoms with E-state index in [1.54, 1.807) is 20.4 Å². The van der Waals surface area contributed by atoms with Gasteiger partial charge < -0.3 is 9.30 Å². The second kappa shape index (κ2) is 2.78. The quantitative estimate of drug-likeness (QED) is 0.594. The molecule has 0 aromatic carbocycles. The van der Waals surface area contributed by atoms with Crippen LogP contribution in [0.5, 0.6) is 5.75 Å². The second-order valence-electron chi connectivity index (χ2n) is 2.47. The zero-order valence-corrected chi connectivity index (χ0v) is 6.92. The molecule has 11 heavy (non-hydrogen) atoms. The molecule has 0 aliphatic rings. The fraction of sp³-hybridized carbons (Fsp3) is 0.375. The van der Waals surface area contributed by atoms with Crippen molar-refractivity contribution in [1.29, 1.82) is 0 Å². The fourth-order valence-corrected chi connectivity index (χ4v) is 0.965. The zero-order valence-electron chi connectivity index (χ0n) is 6.92. The molecule has 0 fully saturated rings. The number of hydrogen-bond acceptors (Lipinski definition) is 2. The normalized spacial score (nSPS) is 9.73. The Hall–Kier alpha value is -1.25. The maximum atomic E-state index is 11.0. The van der Waals surface area contributed by atoms with E-state index < -0.39 is 0 Å². The predicted molar refractivity (Wildman–Crippen MR) is 43.0 cm³/mol. The van der Waals surface area contributed by atoms with Crippen LogP contribution < -0.4 is 10.3 Å². The highest BCUT2D eigenvalue weighted by Crippen LogP contribution is 2.11. The minimum Gasteiger partial charge on any atom is -0.496 e. The van der Waals surface area contributed by atoms with Crippen molar-refractivity contribution >= 4 is 0 Å². The highest BCUT2D eigenvalue weighted by molar-refractivity contribution is 5.28. The largest absolute Gasteiger partial charge is 0.496 e. The second-order valence-corrected chi connectivity index (χ2v) is 2.47. The molecule has 0 radical (unpaired) electrons. The van der Waals surface area contributed by atoms with Crippen LogP contribution in [0.2, 0.25) is 0 Å². The lowest BCUT2D eigenvalue weighted by atomic mass is 10.3. The third kappa shape index (κ3) is 1.42. The Morgan fingerprint density at radius 2 is 2.18 bits per heavy atom. The Morgan fingerprint density at radius 3 is 2.73 bits per heavy atom. The topological polar surface area (TPSA) is 31.2 Å². The van der Waals surface area contributed by atoms with E-state index in [1.807, 2.05) is 6.92 Å². The maximum absolute atomic E-state index is 11.0. The smallest absolute Gasteiger partial charge is 0.253 e. The van der Waals surface area contributed by atoms with Gasteiger partial charge in [-0.15, -0.1) is 0 Å². The number of rotatable bonds is 1. The molecule has 0 atom stereocenters. The van der Waals surface area contributed by atoms with Gasteiger partial charge in [0, 0.05) is 24.9 Å². The number of methoxy groups -OCH3 is 1. The summed E-state index contributed by atoms with van der Waals surface area (Å²) in [6.07, 6.45) is 1.75. The van der Waals surface area contributed by atoms with Gasteiger partial charge in [0.25, 0.3) is 5.56 Å². The maximum Gasteiger partial charge on any atom is 0.253 e. The van der Waals surface area contributed by atoms with Crippen molar-refractivity contribution in [1.82, 2.24) is 4.57 Å². The minimum absolute atomic E-state index is 0.0487. The van der Waals surface area contributed by atoms with Gasteiger partial charge in [0.05, 0.1) is 7.11 Å². The molecule has 0 saturated carbocycles. The first-order chi connectivity index (χ1) is 5.15. The van der Waals surface area contributed by atoms with E-state index in [-0.39, 0.29) is 5.56 Å². The van der Waals surface area contributed by atoms with Gasteiger partial charge in [-0.1, -0.05) is 0 Å². The van der Waals surface area contributed by atoms with Crippen molar-refractivity contribution in [2.45, 2.75) is 6.92 Å². The van der Waals surface area contributed by atoms with Gasteiger partial charge in [0.15, 0.2) is 0 Å². The summed E-state index contributed by atoms with van der Waals surface area (Å²) < 4.78 is 6.49. The monoisotopic (exact) mass is 153 g/mol. The summed E-state index contributed by atoms with van der Waals surface area (Å²) in [7, 11) is 3.27. The highest BCUT2D eigenvalue weighted by Gasteiger charge is 1.99. The van der Waals surface area contributed by atoms with Crippen LogP contribution >= 0.6 is 0 Å². The van der Waals surface area contributed by atoms with E-state index in [0.29, 0.717) is 5.75 Å². The summed E-state index contributed by atoms with van der Waals surface area (Å²) in [5.41, 5.74) is 0.919. The first-order valence-corrected chi connectivity index (χ1v) is 3.36. The molecule has 1 aromatic heterocycles. The van der Waals surface area contributed by atoms with Crippen molar-refractivity contribution in [3.63, 3.8) is 0 Å². The van der Waals surface area contributed by atoms with Crippen LogP contribution in [-0.2, 0) is 7.05 Å². The molecule has 1 rings (SSSR count). The molecule has 0 aliphatic heterocycles. The van der Waals surface area contributed by atoms with Gasteiger partial charge >= 0.3 is 0 Å². The SMILES string of the molecule is COc1cc(=O)n(C)cc1C. The molecule has 3 heteroatoms. The molecule has 0 bridgehead atoms. The number of aromatic nitrogens is 1. The van der Waals surface area contributed by atoms with Gasteiger partial charge in [-0.2, -0.15) is 0 Å². The molecule has 1 aromatic rings. The molecule has 3 nitrogen and oxygen atoms in total. The Kier molecular flexibility index (Phi) is 1.98. The molecule has 0 saturated heterocycles. The lowest BCUT2D eigenvalue weighted by molar-refractivity contribution is 0.409. The van der Waals surface area contributed by atoms with Crippen LogP contribution in [-0.4, -0.2) is 11.7 Å². The fourth-order valence-electron chi connectivity index (χ4n) is 0.965. The molecular formula is C8H11NO2. The van der Waals surface area contributed by atoms with Crippen molar-refractivity contribution in [2.75, 3.05) is 7.11 Å².